The fraction of sp³-hybridized carbons (Fsp3) is 0.500. The minimum atomic E-state index is -0.523. The molecule has 0 spiro atoms. The number of ether oxygens (including phenoxy) is 1. The lowest BCUT2D eigenvalue weighted by molar-refractivity contribution is 0.0593. The molecule has 1 saturated heterocycles. The molecule has 1 atom stereocenters. The van der Waals surface area contributed by atoms with Gasteiger partial charge in [-0.2, -0.15) is 0 Å². The maximum Gasteiger partial charge on any atom is 0.354 e. The maximum absolute atomic E-state index is 11.9. The molecule has 17 heavy (non-hydrogen) atoms. The SMILES string of the molecule is COC(=O)c1ccc(C2CCCCN2)c(=O)[nH]1. The highest BCUT2D eigenvalue weighted by atomic mass is 16.5. The van der Waals surface area contributed by atoms with E-state index in [0.717, 1.165) is 25.8 Å². The van der Waals surface area contributed by atoms with Gasteiger partial charge in [-0.05, 0) is 31.5 Å². The molecule has 92 valence electrons. The number of hydrogen-bond acceptors (Lipinski definition) is 4. The molecular weight excluding hydrogens is 220 g/mol. The second kappa shape index (κ2) is 5.14. The van der Waals surface area contributed by atoms with Gasteiger partial charge in [0.2, 0.25) is 0 Å². The van der Waals surface area contributed by atoms with Crippen LogP contribution in [0.4, 0.5) is 0 Å². The van der Waals surface area contributed by atoms with Gasteiger partial charge in [-0.3, -0.25) is 4.79 Å². The number of aromatic nitrogens is 1. The van der Waals surface area contributed by atoms with Gasteiger partial charge in [0.1, 0.15) is 5.69 Å². The van der Waals surface area contributed by atoms with Crippen LogP contribution >= 0.6 is 0 Å². The number of H-pyrrole nitrogens is 1. The molecule has 0 saturated carbocycles. The van der Waals surface area contributed by atoms with E-state index in [0.29, 0.717) is 5.56 Å². The molecule has 0 radical (unpaired) electrons. The van der Waals surface area contributed by atoms with E-state index in [1.165, 1.54) is 7.11 Å². The molecule has 0 aromatic carbocycles. The lowest BCUT2D eigenvalue weighted by Crippen LogP contribution is -2.31. The second-order valence-electron chi connectivity index (χ2n) is 4.15. The van der Waals surface area contributed by atoms with Crippen molar-refractivity contribution >= 4 is 5.97 Å². The number of rotatable bonds is 2. The van der Waals surface area contributed by atoms with E-state index >= 15 is 0 Å². The molecule has 1 aliphatic heterocycles. The molecular formula is C12H16N2O3. The number of pyridine rings is 1. The van der Waals surface area contributed by atoms with Gasteiger partial charge in [-0.1, -0.05) is 6.42 Å². The highest BCUT2D eigenvalue weighted by Gasteiger charge is 2.18. The maximum atomic E-state index is 11.9. The first-order valence-corrected chi connectivity index (χ1v) is 5.77. The lowest BCUT2D eigenvalue weighted by atomic mass is 9.98. The molecule has 1 fully saturated rings. The Morgan fingerprint density at radius 1 is 1.41 bits per heavy atom. The average Bonchev–Trinajstić information content (AvgIpc) is 2.38. The summed E-state index contributed by atoms with van der Waals surface area (Å²) < 4.78 is 4.55. The van der Waals surface area contributed by atoms with Crippen LogP contribution in [0.2, 0.25) is 0 Å². The summed E-state index contributed by atoms with van der Waals surface area (Å²) in [5.74, 6) is -0.523. The van der Waals surface area contributed by atoms with Crippen LogP contribution < -0.4 is 10.9 Å². The topological polar surface area (TPSA) is 71.2 Å². The first-order valence-electron chi connectivity index (χ1n) is 5.77. The van der Waals surface area contributed by atoms with Gasteiger partial charge in [0.05, 0.1) is 7.11 Å². The molecule has 5 nitrogen and oxygen atoms in total. The van der Waals surface area contributed by atoms with Crippen molar-refractivity contribution in [3.05, 3.63) is 33.7 Å². The summed E-state index contributed by atoms with van der Waals surface area (Å²) >= 11 is 0. The number of nitrogens with one attached hydrogen (secondary N) is 2. The summed E-state index contributed by atoms with van der Waals surface area (Å²) in [5.41, 5.74) is 0.668. The molecule has 0 amide bonds. The number of carbonyl (C=O) groups excluding carboxylic acids is 1. The summed E-state index contributed by atoms with van der Waals surface area (Å²) in [6.45, 7) is 0.933. The van der Waals surface area contributed by atoms with Crippen LogP contribution in [0.5, 0.6) is 0 Å². The van der Waals surface area contributed by atoms with Gasteiger partial charge in [0, 0.05) is 11.6 Å². The van der Waals surface area contributed by atoms with E-state index in [4.69, 9.17) is 0 Å². The van der Waals surface area contributed by atoms with Gasteiger partial charge in [-0.15, -0.1) is 0 Å². The van der Waals surface area contributed by atoms with E-state index in [1.807, 2.05) is 0 Å². The highest BCUT2D eigenvalue weighted by molar-refractivity contribution is 5.86. The third-order valence-electron chi connectivity index (χ3n) is 3.03. The van der Waals surface area contributed by atoms with Crippen molar-refractivity contribution < 1.29 is 9.53 Å². The normalized spacial score (nSPS) is 19.9. The Kier molecular flexibility index (Phi) is 3.58. The number of piperidine rings is 1. The summed E-state index contributed by atoms with van der Waals surface area (Å²) in [5, 5.41) is 3.30. The van der Waals surface area contributed by atoms with E-state index in [-0.39, 0.29) is 17.3 Å². The highest BCUT2D eigenvalue weighted by Crippen LogP contribution is 2.19. The van der Waals surface area contributed by atoms with Crippen molar-refractivity contribution in [2.24, 2.45) is 0 Å². The lowest BCUT2D eigenvalue weighted by Gasteiger charge is -2.23. The molecule has 1 aliphatic rings. The number of methoxy groups -OCH3 is 1. The van der Waals surface area contributed by atoms with Crippen LogP contribution in [0.3, 0.4) is 0 Å². The predicted octanol–water partition coefficient (Wildman–Crippen LogP) is 0.976. The van der Waals surface area contributed by atoms with Crippen molar-refractivity contribution in [1.82, 2.24) is 10.3 Å². The van der Waals surface area contributed by atoms with Crippen LogP contribution in [0.15, 0.2) is 16.9 Å². The standard InChI is InChI=1S/C12H16N2O3/c1-17-12(16)10-6-5-8(11(15)14-10)9-4-2-3-7-13-9/h5-6,9,13H,2-4,7H2,1H3,(H,14,15). The summed E-state index contributed by atoms with van der Waals surface area (Å²) in [6.07, 6.45) is 3.23. The van der Waals surface area contributed by atoms with E-state index < -0.39 is 5.97 Å². The fourth-order valence-corrected chi connectivity index (χ4v) is 2.11. The number of aromatic amines is 1. The Morgan fingerprint density at radius 2 is 2.24 bits per heavy atom. The van der Waals surface area contributed by atoms with E-state index in [1.54, 1.807) is 12.1 Å². The molecule has 2 heterocycles. The number of esters is 1. The Balaban J connectivity index is 2.25. The Labute approximate surface area is 99.2 Å². The van der Waals surface area contributed by atoms with Gasteiger partial charge in [-0.25, -0.2) is 4.79 Å². The van der Waals surface area contributed by atoms with Gasteiger partial charge < -0.3 is 15.0 Å². The zero-order valence-electron chi connectivity index (χ0n) is 9.79. The molecule has 2 N–H and O–H groups in total. The smallest absolute Gasteiger partial charge is 0.354 e. The van der Waals surface area contributed by atoms with Gasteiger partial charge >= 0.3 is 5.97 Å². The average molecular weight is 236 g/mol. The van der Waals surface area contributed by atoms with Crippen LogP contribution in [0.1, 0.15) is 41.4 Å². The number of hydrogen-bond donors (Lipinski definition) is 2. The van der Waals surface area contributed by atoms with Gasteiger partial charge in [0.25, 0.3) is 5.56 Å². The van der Waals surface area contributed by atoms with Crippen molar-refractivity contribution in [2.45, 2.75) is 25.3 Å². The summed E-state index contributed by atoms with van der Waals surface area (Å²) in [7, 11) is 1.29. The molecule has 1 aromatic heterocycles. The van der Waals surface area contributed by atoms with Crippen LogP contribution in [0.25, 0.3) is 0 Å². The number of carbonyl (C=O) groups is 1. The van der Waals surface area contributed by atoms with Crippen molar-refractivity contribution in [3.63, 3.8) is 0 Å². The zero-order valence-corrected chi connectivity index (χ0v) is 9.79. The van der Waals surface area contributed by atoms with Crippen molar-refractivity contribution in [1.29, 1.82) is 0 Å². The van der Waals surface area contributed by atoms with E-state index in [9.17, 15) is 9.59 Å². The summed E-state index contributed by atoms with van der Waals surface area (Å²) in [6, 6.07) is 3.40. The Bertz CT molecular complexity index is 461. The molecule has 0 aliphatic carbocycles. The molecule has 5 heteroatoms. The molecule has 1 unspecified atom stereocenters. The van der Waals surface area contributed by atoms with Crippen molar-refractivity contribution in [2.75, 3.05) is 13.7 Å². The quantitative estimate of drug-likeness (QED) is 0.751. The molecule has 1 aromatic rings. The van der Waals surface area contributed by atoms with Crippen LogP contribution in [-0.2, 0) is 4.74 Å². The monoisotopic (exact) mass is 236 g/mol. The third-order valence-corrected chi connectivity index (χ3v) is 3.03. The predicted molar refractivity (Wildman–Crippen MR) is 63.0 cm³/mol. The van der Waals surface area contributed by atoms with Crippen LogP contribution in [-0.4, -0.2) is 24.6 Å². The first kappa shape index (κ1) is 11.9. The molecule has 0 bridgehead atoms. The third kappa shape index (κ3) is 2.55. The second-order valence-corrected chi connectivity index (χ2v) is 4.15. The fourth-order valence-electron chi connectivity index (χ4n) is 2.11. The minimum Gasteiger partial charge on any atom is -0.464 e. The first-order chi connectivity index (χ1) is 8.22. The van der Waals surface area contributed by atoms with Crippen LogP contribution in [0, 0.1) is 0 Å². The largest absolute Gasteiger partial charge is 0.464 e. The van der Waals surface area contributed by atoms with Gasteiger partial charge in [0.15, 0.2) is 0 Å². The Morgan fingerprint density at radius 3 is 2.82 bits per heavy atom. The van der Waals surface area contributed by atoms with Crippen molar-refractivity contribution in [3.8, 4) is 0 Å². The summed E-state index contributed by atoms with van der Waals surface area (Å²) in [4.78, 5) is 25.7. The Hall–Kier alpha value is -1.62. The molecule has 2 rings (SSSR count). The minimum absolute atomic E-state index is 0.0965. The zero-order chi connectivity index (χ0) is 12.3. The van der Waals surface area contributed by atoms with E-state index in [2.05, 4.69) is 15.0 Å².